The predicted octanol–water partition coefficient (Wildman–Crippen LogP) is 2.36. The van der Waals surface area contributed by atoms with E-state index in [2.05, 4.69) is 11.8 Å². The standard InChI is InChI=1S/C8H5O.C5H5.Fe/c9-7-3-6-8-4-1-2-5-8;1-2-4-5-3-1;/h1-2,4-5,7H;1-5H;/q2*-1;+2. The Hall–Kier alpha value is -1.55. The van der Waals surface area contributed by atoms with Gasteiger partial charge in [0.25, 0.3) is 0 Å². The molecule has 0 fully saturated rings. The summed E-state index contributed by atoms with van der Waals surface area (Å²) in [7, 11) is 0. The fraction of sp³-hybridized carbons (Fsp3) is 0. The van der Waals surface area contributed by atoms with E-state index in [9.17, 15) is 4.79 Å². The molecule has 0 unspecified atom stereocenters. The molecule has 0 saturated carbocycles. The number of aldehydes is 1. The van der Waals surface area contributed by atoms with E-state index in [0.717, 1.165) is 5.56 Å². The zero-order valence-corrected chi connectivity index (χ0v) is 9.14. The number of rotatable bonds is 0. The summed E-state index contributed by atoms with van der Waals surface area (Å²) in [6.07, 6.45) is 0.590. The molecule has 0 aliphatic carbocycles. The fourth-order valence-corrected chi connectivity index (χ4v) is 0.891. The quantitative estimate of drug-likeness (QED) is 0.298. The fourth-order valence-electron chi connectivity index (χ4n) is 0.891. The summed E-state index contributed by atoms with van der Waals surface area (Å²) in [6, 6.07) is 17.5. The van der Waals surface area contributed by atoms with Gasteiger partial charge in [-0.05, 0) is 0 Å². The minimum absolute atomic E-state index is 0. The third-order valence-corrected chi connectivity index (χ3v) is 1.49. The van der Waals surface area contributed by atoms with E-state index in [-0.39, 0.29) is 17.1 Å². The van der Waals surface area contributed by atoms with Gasteiger partial charge in [-0.2, -0.15) is 36.3 Å². The molecule has 0 amide bonds. The van der Waals surface area contributed by atoms with Gasteiger partial charge in [0.15, 0.2) is 0 Å². The maximum Gasteiger partial charge on any atom is 2.00 e. The number of carbonyl (C=O) groups is 1. The smallest absolute Gasteiger partial charge is 0.301 e. The number of carbonyl (C=O) groups excluding carboxylic acids is 1. The third-order valence-electron chi connectivity index (χ3n) is 1.49. The summed E-state index contributed by atoms with van der Waals surface area (Å²) in [5, 5.41) is 0. The van der Waals surface area contributed by atoms with E-state index in [4.69, 9.17) is 0 Å². The van der Waals surface area contributed by atoms with Crippen LogP contribution in [0.3, 0.4) is 0 Å². The first-order valence-corrected chi connectivity index (χ1v) is 4.27. The Morgan fingerprint density at radius 3 is 2.07 bits per heavy atom. The molecule has 0 atom stereocenters. The van der Waals surface area contributed by atoms with Crippen LogP contribution in [0.4, 0.5) is 0 Å². The second kappa shape index (κ2) is 9.02. The largest absolute Gasteiger partial charge is 2.00 e. The van der Waals surface area contributed by atoms with E-state index in [1.165, 1.54) is 0 Å². The first-order chi connectivity index (χ1) is 6.93. The van der Waals surface area contributed by atoms with Crippen LogP contribution in [-0.2, 0) is 21.9 Å². The summed E-state index contributed by atoms with van der Waals surface area (Å²) < 4.78 is 0. The molecule has 0 N–H and O–H groups in total. The molecular weight excluding hydrogens is 228 g/mol. The van der Waals surface area contributed by atoms with Crippen molar-refractivity contribution in [1.82, 2.24) is 0 Å². The van der Waals surface area contributed by atoms with Gasteiger partial charge >= 0.3 is 17.1 Å². The van der Waals surface area contributed by atoms with Crippen molar-refractivity contribution in [2.75, 3.05) is 0 Å². The van der Waals surface area contributed by atoms with E-state index in [1.54, 1.807) is 0 Å². The van der Waals surface area contributed by atoms with Crippen molar-refractivity contribution in [2.45, 2.75) is 0 Å². The van der Waals surface area contributed by atoms with Crippen molar-refractivity contribution in [1.29, 1.82) is 0 Å². The molecule has 1 nitrogen and oxygen atoms in total. The van der Waals surface area contributed by atoms with Crippen LogP contribution in [0.5, 0.6) is 0 Å². The molecule has 0 radical (unpaired) electrons. The molecule has 2 aromatic carbocycles. The van der Waals surface area contributed by atoms with Crippen LogP contribution < -0.4 is 0 Å². The van der Waals surface area contributed by atoms with Gasteiger partial charge in [-0.25, -0.2) is 12.1 Å². The molecule has 0 aliphatic rings. The molecule has 0 bridgehead atoms. The Labute approximate surface area is 100 Å². The Balaban J connectivity index is 0.000000280. The SMILES string of the molecule is O=CC#C[c-]1cccc1.[Fe+2].c1cc[cH-]c1. The van der Waals surface area contributed by atoms with Crippen molar-refractivity contribution >= 4 is 6.29 Å². The van der Waals surface area contributed by atoms with Gasteiger partial charge in [0.2, 0.25) is 0 Å². The summed E-state index contributed by atoms with van der Waals surface area (Å²) in [6.45, 7) is 0. The van der Waals surface area contributed by atoms with Gasteiger partial charge in [0.1, 0.15) is 6.29 Å². The summed E-state index contributed by atoms with van der Waals surface area (Å²) in [5.74, 6) is 4.98. The second-order valence-electron chi connectivity index (χ2n) is 2.52. The maximum atomic E-state index is 9.73. The van der Waals surface area contributed by atoms with E-state index in [1.807, 2.05) is 54.6 Å². The normalized spacial score (nSPS) is 7.20. The zero-order chi connectivity index (χ0) is 10.1. The van der Waals surface area contributed by atoms with Crippen LogP contribution in [0.25, 0.3) is 0 Å². The average Bonchev–Trinajstić information content (AvgIpc) is 2.90. The Morgan fingerprint density at radius 2 is 1.67 bits per heavy atom. The molecule has 0 spiro atoms. The van der Waals surface area contributed by atoms with Crippen LogP contribution in [0.2, 0.25) is 0 Å². The van der Waals surface area contributed by atoms with Crippen LogP contribution in [-0.4, -0.2) is 6.29 Å². The molecule has 0 aromatic heterocycles. The summed E-state index contributed by atoms with van der Waals surface area (Å²) >= 11 is 0. The first-order valence-electron chi connectivity index (χ1n) is 4.27. The van der Waals surface area contributed by atoms with Gasteiger partial charge in [0.05, 0.1) is 0 Å². The first kappa shape index (κ1) is 13.4. The third kappa shape index (κ3) is 6.51. The monoisotopic (exact) mass is 238 g/mol. The van der Waals surface area contributed by atoms with Gasteiger partial charge in [-0.15, -0.1) is 18.1 Å². The average molecular weight is 238 g/mol. The van der Waals surface area contributed by atoms with Gasteiger partial charge in [-0.3, -0.25) is 0 Å². The van der Waals surface area contributed by atoms with E-state index < -0.39 is 0 Å². The van der Waals surface area contributed by atoms with E-state index in [0.29, 0.717) is 6.29 Å². The molecule has 76 valence electrons. The zero-order valence-electron chi connectivity index (χ0n) is 8.04. The van der Waals surface area contributed by atoms with Crippen molar-refractivity contribution in [3.63, 3.8) is 0 Å². The Morgan fingerprint density at radius 1 is 1.07 bits per heavy atom. The summed E-state index contributed by atoms with van der Waals surface area (Å²) in [4.78, 5) is 9.73. The van der Waals surface area contributed by atoms with Gasteiger partial charge in [-0.1, -0.05) is 5.56 Å². The van der Waals surface area contributed by atoms with Crippen LogP contribution in [0, 0.1) is 11.8 Å². The molecule has 2 rings (SSSR count). The number of hydrogen-bond donors (Lipinski definition) is 0. The molecule has 2 aromatic rings. The summed E-state index contributed by atoms with van der Waals surface area (Å²) in [5.41, 5.74) is 0.891. The molecule has 2 heteroatoms. The van der Waals surface area contributed by atoms with Crippen LogP contribution in [0.15, 0.2) is 54.6 Å². The predicted molar refractivity (Wildman–Crippen MR) is 57.0 cm³/mol. The van der Waals surface area contributed by atoms with Crippen molar-refractivity contribution in [2.24, 2.45) is 0 Å². The van der Waals surface area contributed by atoms with Gasteiger partial charge < -0.3 is 4.79 Å². The van der Waals surface area contributed by atoms with Crippen molar-refractivity contribution in [3.05, 3.63) is 60.2 Å². The number of hydrogen-bond acceptors (Lipinski definition) is 1. The maximum absolute atomic E-state index is 9.73. The molecule has 0 saturated heterocycles. The van der Waals surface area contributed by atoms with Crippen molar-refractivity contribution in [3.8, 4) is 11.8 Å². The van der Waals surface area contributed by atoms with Gasteiger partial charge in [0, 0.05) is 0 Å². The van der Waals surface area contributed by atoms with Crippen LogP contribution >= 0.6 is 0 Å². The molecule has 0 aliphatic heterocycles. The molecule has 15 heavy (non-hydrogen) atoms. The Bertz CT molecular complexity index is 370. The minimum Gasteiger partial charge on any atom is -0.301 e. The Kier molecular flexibility index (Phi) is 8.09. The topological polar surface area (TPSA) is 17.1 Å². The minimum atomic E-state index is 0. The second-order valence-corrected chi connectivity index (χ2v) is 2.52. The molecule has 0 heterocycles. The van der Waals surface area contributed by atoms with E-state index >= 15 is 0 Å². The molecular formula is C13H10FeO. The van der Waals surface area contributed by atoms with Crippen LogP contribution in [0.1, 0.15) is 5.56 Å². The van der Waals surface area contributed by atoms with Crippen molar-refractivity contribution < 1.29 is 21.9 Å².